The van der Waals surface area contributed by atoms with Crippen molar-refractivity contribution in [3.63, 3.8) is 0 Å². The fourth-order valence-corrected chi connectivity index (χ4v) is 0.807. The highest BCUT2D eigenvalue weighted by molar-refractivity contribution is 5.79. The van der Waals surface area contributed by atoms with Crippen LogP contribution in [0.4, 0.5) is 0 Å². The van der Waals surface area contributed by atoms with E-state index in [9.17, 15) is 0 Å². The molecule has 0 aromatic carbocycles. The van der Waals surface area contributed by atoms with Gasteiger partial charge in [-0.1, -0.05) is 5.16 Å². The number of rotatable bonds is 1. The minimum atomic E-state index is 0.861. The van der Waals surface area contributed by atoms with E-state index < -0.39 is 0 Å². The Morgan fingerprint density at radius 3 is 2.70 bits per heavy atom. The van der Waals surface area contributed by atoms with E-state index in [1.165, 1.54) is 11.8 Å². The van der Waals surface area contributed by atoms with Crippen LogP contribution in [0.15, 0.2) is 11.4 Å². The van der Waals surface area contributed by atoms with Gasteiger partial charge in [-0.3, -0.25) is 0 Å². The average Bonchev–Trinajstić information content (AvgIpc) is 2.20. The zero-order chi connectivity index (χ0) is 7.56. The van der Waals surface area contributed by atoms with Crippen LogP contribution < -0.4 is 0 Å². The van der Waals surface area contributed by atoms with Gasteiger partial charge in [0.15, 0.2) is 0 Å². The molecule has 0 bridgehead atoms. The Morgan fingerprint density at radius 2 is 2.30 bits per heavy atom. The molecule has 1 aromatic rings. The molecule has 0 spiro atoms. The van der Waals surface area contributed by atoms with E-state index in [2.05, 4.69) is 10.1 Å². The van der Waals surface area contributed by atoms with Crippen LogP contribution >= 0.6 is 0 Å². The second kappa shape index (κ2) is 2.56. The molecule has 0 aliphatic carbocycles. The number of H-pyrrole nitrogens is 1. The van der Waals surface area contributed by atoms with Gasteiger partial charge in [0, 0.05) is 6.20 Å². The number of hydrogen-bond acceptors (Lipinski definition) is 2. The van der Waals surface area contributed by atoms with Crippen molar-refractivity contribution in [3.05, 3.63) is 23.0 Å². The van der Waals surface area contributed by atoms with Crippen molar-refractivity contribution >= 4 is 6.21 Å². The number of aromatic nitrogens is 1. The van der Waals surface area contributed by atoms with Crippen LogP contribution in [0.5, 0.6) is 0 Å². The van der Waals surface area contributed by atoms with E-state index >= 15 is 0 Å². The summed E-state index contributed by atoms with van der Waals surface area (Å²) in [4.78, 5) is 2.97. The van der Waals surface area contributed by atoms with Crippen LogP contribution in [0.2, 0.25) is 0 Å². The summed E-state index contributed by atoms with van der Waals surface area (Å²) in [7, 11) is 0. The third-order valence-electron chi connectivity index (χ3n) is 1.63. The zero-order valence-electron chi connectivity index (χ0n) is 6.05. The van der Waals surface area contributed by atoms with Crippen LogP contribution in [0, 0.1) is 13.8 Å². The Kier molecular flexibility index (Phi) is 1.76. The molecular formula is C7H10N2O. The third kappa shape index (κ3) is 1.03. The Labute approximate surface area is 59.4 Å². The Bertz CT molecular complexity index is 250. The molecule has 1 aromatic heterocycles. The lowest BCUT2D eigenvalue weighted by atomic mass is 10.2. The summed E-state index contributed by atoms with van der Waals surface area (Å²) in [6, 6.07) is 0. The van der Waals surface area contributed by atoms with Crippen molar-refractivity contribution in [2.45, 2.75) is 13.8 Å². The van der Waals surface area contributed by atoms with Crippen LogP contribution in [0.1, 0.15) is 16.8 Å². The molecule has 10 heavy (non-hydrogen) atoms. The molecule has 3 heteroatoms. The second-order valence-electron chi connectivity index (χ2n) is 2.25. The normalized spacial score (nSPS) is 11.0. The summed E-state index contributed by atoms with van der Waals surface area (Å²) in [5, 5.41) is 11.1. The molecule has 0 unspecified atom stereocenters. The zero-order valence-corrected chi connectivity index (χ0v) is 6.05. The second-order valence-corrected chi connectivity index (χ2v) is 2.25. The van der Waals surface area contributed by atoms with E-state index in [-0.39, 0.29) is 0 Å². The van der Waals surface area contributed by atoms with Crippen LogP contribution in [-0.2, 0) is 0 Å². The van der Waals surface area contributed by atoms with E-state index in [0.29, 0.717) is 0 Å². The van der Waals surface area contributed by atoms with E-state index in [1.54, 1.807) is 0 Å². The highest BCUT2D eigenvalue weighted by Gasteiger charge is 1.98. The van der Waals surface area contributed by atoms with Gasteiger partial charge in [0.25, 0.3) is 0 Å². The summed E-state index contributed by atoms with van der Waals surface area (Å²) in [6.07, 6.45) is 3.27. The molecule has 54 valence electrons. The van der Waals surface area contributed by atoms with Crippen LogP contribution in [-0.4, -0.2) is 16.4 Å². The Morgan fingerprint density at radius 1 is 1.60 bits per heavy atom. The van der Waals surface area contributed by atoms with Crippen LogP contribution in [0.3, 0.4) is 0 Å². The molecular weight excluding hydrogens is 128 g/mol. The first kappa shape index (κ1) is 6.86. The molecule has 0 saturated heterocycles. The molecule has 0 aliphatic rings. The van der Waals surface area contributed by atoms with Gasteiger partial charge >= 0.3 is 0 Å². The topological polar surface area (TPSA) is 48.4 Å². The maximum Gasteiger partial charge on any atom is 0.0899 e. The standard InChI is InChI=1S/C7H10N2O/c1-5-3-8-7(4-9-10)6(5)2/h3-4,8,10H,1-2H3/b9-4+. The minimum Gasteiger partial charge on any atom is -0.411 e. The fourth-order valence-electron chi connectivity index (χ4n) is 0.807. The summed E-state index contributed by atoms with van der Waals surface area (Å²) in [6.45, 7) is 3.98. The van der Waals surface area contributed by atoms with E-state index in [1.807, 2.05) is 20.0 Å². The number of oxime groups is 1. The lowest BCUT2D eigenvalue weighted by Crippen LogP contribution is -1.83. The van der Waals surface area contributed by atoms with Gasteiger partial charge in [-0.15, -0.1) is 0 Å². The maximum absolute atomic E-state index is 8.20. The predicted molar refractivity (Wildman–Crippen MR) is 39.6 cm³/mol. The smallest absolute Gasteiger partial charge is 0.0899 e. The van der Waals surface area contributed by atoms with Gasteiger partial charge in [0.05, 0.1) is 11.9 Å². The summed E-state index contributed by atoms with van der Waals surface area (Å²) in [5.41, 5.74) is 3.16. The molecule has 0 fully saturated rings. The predicted octanol–water partition coefficient (Wildman–Crippen LogP) is 1.44. The number of nitrogens with zero attached hydrogens (tertiary/aromatic N) is 1. The Balaban J connectivity index is 3.05. The first-order chi connectivity index (χ1) is 4.75. The summed E-state index contributed by atoms with van der Waals surface area (Å²) < 4.78 is 0. The molecule has 0 amide bonds. The monoisotopic (exact) mass is 138 g/mol. The summed E-state index contributed by atoms with van der Waals surface area (Å²) >= 11 is 0. The summed E-state index contributed by atoms with van der Waals surface area (Å²) in [5.74, 6) is 0. The molecule has 0 radical (unpaired) electrons. The minimum absolute atomic E-state index is 0.861. The van der Waals surface area contributed by atoms with Crippen LogP contribution in [0.25, 0.3) is 0 Å². The third-order valence-corrected chi connectivity index (χ3v) is 1.63. The van der Waals surface area contributed by atoms with Gasteiger partial charge in [-0.25, -0.2) is 0 Å². The first-order valence-electron chi connectivity index (χ1n) is 3.07. The van der Waals surface area contributed by atoms with Gasteiger partial charge in [0.1, 0.15) is 0 Å². The van der Waals surface area contributed by atoms with Crippen molar-refractivity contribution < 1.29 is 5.21 Å². The van der Waals surface area contributed by atoms with Crippen molar-refractivity contribution in [1.29, 1.82) is 0 Å². The fraction of sp³-hybridized carbons (Fsp3) is 0.286. The van der Waals surface area contributed by atoms with Gasteiger partial charge in [0.2, 0.25) is 0 Å². The van der Waals surface area contributed by atoms with Crippen molar-refractivity contribution in [3.8, 4) is 0 Å². The van der Waals surface area contributed by atoms with Gasteiger partial charge in [-0.2, -0.15) is 0 Å². The van der Waals surface area contributed by atoms with Crippen molar-refractivity contribution in [2.75, 3.05) is 0 Å². The lowest BCUT2D eigenvalue weighted by Gasteiger charge is -1.88. The lowest BCUT2D eigenvalue weighted by molar-refractivity contribution is 0.321. The molecule has 1 rings (SSSR count). The van der Waals surface area contributed by atoms with E-state index in [4.69, 9.17) is 5.21 Å². The largest absolute Gasteiger partial charge is 0.411 e. The highest BCUT2D eigenvalue weighted by atomic mass is 16.4. The van der Waals surface area contributed by atoms with Crippen molar-refractivity contribution in [1.82, 2.24) is 4.98 Å². The van der Waals surface area contributed by atoms with Gasteiger partial charge < -0.3 is 10.2 Å². The molecule has 1 heterocycles. The number of aromatic amines is 1. The maximum atomic E-state index is 8.20. The molecule has 3 nitrogen and oxygen atoms in total. The molecule has 0 atom stereocenters. The van der Waals surface area contributed by atoms with Crippen molar-refractivity contribution in [2.24, 2.45) is 5.16 Å². The number of nitrogens with one attached hydrogen (secondary N) is 1. The molecule has 0 aliphatic heterocycles. The average molecular weight is 138 g/mol. The molecule has 0 saturated carbocycles. The van der Waals surface area contributed by atoms with Gasteiger partial charge in [-0.05, 0) is 25.0 Å². The number of hydrogen-bond donors (Lipinski definition) is 2. The number of aryl methyl sites for hydroxylation is 1. The highest BCUT2D eigenvalue weighted by Crippen LogP contribution is 2.08. The van der Waals surface area contributed by atoms with E-state index in [0.717, 1.165) is 11.3 Å². The Hall–Kier alpha value is -1.25. The SMILES string of the molecule is Cc1c[nH]c(/C=N/O)c1C. The quantitative estimate of drug-likeness (QED) is 0.344. The first-order valence-corrected chi connectivity index (χ1v) is 3.07. The molecule has 2 N–H and O–H groups in total.